The second-order valence-corrected chi connectivity index (χ2v) is 7.45. The van der Waals surface area contributed by atoms with Gasteiger partial charge in [-0.25, -0.2) is 5.43 Å². The number of halogens is 2. The van der Waals surface area contributed by atoms with Crippen molar-refractivity contribution in [3.63, 3.8) is 0 Å². The summed E-state index contributed by atoms with van der Waals surface area (Å²) in [5.74, 6) is -0.247. The Morgan fingerprint density at radius 3 is 2.78 bits per heavy atom. The summed E-state index contributed by atoms with van der Waals surface area (Å²) in [6, 6.07) is 18.8. The number of carbonyl (C=O) groups excluding carboxylic acids is 1. The SMILES string of the molecule is O=C(N/N=C/c1cccn1-c1ccc(I)cc1)c1cc2cc(Cl)ccc2o1. The van der Waals surface area contributed by atoms with Gasteiger partial charge in [0.05, 0.1) is 11.9 Å². The first-order valence-electron chi connectivity index (χ1n) is 8.06. The molecule has 2 aromatic heterocycles. The van der Waals surface area contributed by atoms with Crippen molar-refractivity contribution in [1.29, 1.82) is 0 Å². The van der Waals surface area contributed by atoms with E-state index in [0.717, 1.165) is 20.3 Å². The van der Waals surface area contributed by atoms with Crippen LogP contribution in [0.1, 0.15) is 16.2 Å². The first kappa shape index (κ1) is 17.8. The fourth-order valence-corrected chi connectivity index (χ4v) is 3.21. The molecule has 0 unspecified atom stereocenters. The Morgan fingerprint density at radius 2 is 1.96 bits per heavy atom. The highest BCUT2D eigenvalue weighted by molar-refractivity contribution is 14.1. The average molecular weight is 490 g/mol. The molecule has 0 fully saturated rings. The number of furan rings is 1. The maximum atomic E-state index is 12.3. The molecule has 0 radical (unpaired) electrons. The summed E-state index contributed by atoms with van der Waals surface area (Å²) in [4.78, 5) is 12.3. The number of carbonyl (C=O) groups is 1. The molecule has 0 atom stereocenters. The van der Waals surface area contributed by atoms with E-state index in [4.69, 9.17) is 16.0 Å². The summed E-state index contributed by atoms with van der Waals surface area (Å²) in [5, 5.41) is 5.40. The predicted molar refractivity (Wildman–Crippen MR) is 115 cm³/mol. The van der Waals surface area contributed by atoms with Crippen molar-refractivity contribution in [1.82, 2.24) is 9.99 Å². The van der Waals surface area contributed by atoms with Crippen LogP contribution in [0, 0.1) is 3.57 Å². The van der Waals surface area contributed by atoms with Crippen LogP contribution < -0.4 is 5.43 Å². The van der Waals surface area contributed by atoms with E-state index in [9.17, 15) is 4.79 Å². The molecule has 1 N–H and O–H groups in total. The lowest BCUT2D eigenvalue weighted by Gasteiger charge is -2.06. The fourth-order valence-electron chi connectivity index (χ4n) is 2.67. The Balaban J connectivity index is 1.50. The van der Waals surface area contributed by atoms with Gasteiger partial charge in [0.2, 0.25) is 0 Å². The lowest BCUT2D eigenvalue weighted by atomic mass is 10.2. The molecule has 0 aliphatic carbocycles. The van der Waals surface area contributed by atoms with Crippen LogP contribution >= 0.6 is 34.2 Å². The molecule has 5 nitrogen and oxygen atoms in total. The quantitative estimate of drug-likeness (QED) is 0.242. The highest BCUT2D eigenvalue weighted by Gasteiger charge is 2.12. The number of rotatable bonds is 4. The standard InChI is InChI=1S/C20H13ClIN3O2/c21-14-3-8-18-13(10-14)11-19(27-18)20(26)24-23-12-17-2-1-9-25(17)16-6-4-15(22)5-7-16/h1-12H,(H,24,26)/b23-12+. The van der Waals surface area contributed by atoms with Gasteiger partial charge in [-0.2, -0.15) is 5.10 Å². The van der Waals surface area contributed by atoms with Crippen LogP contribution in [-0.2, 0) is 0 Å². The van der Waals surface area contributed by atoms with E-state index in [2.05, 4.69) is 33.1 Å². The van der Waals surface area contributed by atoms with E-state index in [-0.39, 0.29) is 5.76 Å². The molecule has 0 spiro atoms. The van der Waals surface area contributed by atoms with Crippen LogP contribution in [0.4, 0.5) is 0 Å². The Labute approximate surface area is 173 Å². The third-order valence-corrected chi connectivity index (χ3v) is 4.90. The topological polar surface area (TPSA) is 59.5 Å². The minimum Gasteiger partial charge on any atom is -0.451 e. The molecule has 0 aliphatic heterocycles. The summed E-state index contributed by atoms with van der Waals surface area (Å²) in [7, 11) is 0. The maximum absolute atomic E-state index is 12.3. The lowest BCUT2D eigenvalue weighted by Crippen LogP contribution is -2.17. The third kappa shape index (κ3) is 3.91. The van der Waals surface area contributed by atoms with E-state index < -0.39 is 5.91 Å². The van der Waals surface area contributed by atoms with Crippen molar-refractivity contribution in [3.05, 3.63) is 86.9 Å². The summed E-state index contributed by atoms with van der Waals surface area (Å²) in [5.41, 5.74) is 4.94. The fraction of sp³-hybridized carbons (Fsp3) is 0. The predicted octanol–water partition coefficient (Wildman–Crippen LogP) is 5.25. The molecule has 0 bridgehead atoms. The van der Waals surface area contributed by atoms with Gasteiger partial charge in [0.1, 0.15) is 5.58 Å². The van der Waals surface area contributed by atoms with E-state index in [1.807, 2.05) is 47.2 Å². The minimum absolute atomic E-state index is 0.178. The van der Waals surface area contributed by atoms with Gasteiger partial charge in [-0.3, -0.25) is 4.79 Å². The van der Waals surface area contributed by atoms with Crippen molar-refractivity contribution in [3.8, 4) is 5.69 Å². The molecule has 4 rings (SSSR count). The second-order valence-electron chi connectivity index (χ2n) is 5.77. The number of hydrogen-bond acceptors (Lipinski definition) is 3. The van der Waals surface area contributed by atoms with Crippen molar-refractivity contribution < 1.29 is 9.21 Å². The lowest BCUT2D eigenvalue weighted by molar-refractivity contribution is 0.0929. The Kier molecular flexibility index (Phi) is 5.00. The van der Waals surface area contributed by atoms with Crippen LogP contribution in [0.2, 0.25) is 5.02 Å². The van der Waals surface area contributed by atoms with Gasteiger partial charge in [-0.1, -0.05) is 11.6 Å². The van der Waals surface area contributed by atoms with E-state index in [1.165, 1.54) is 0 Å². The molecule has 0 aliphatic rings. The van der Waals surface area contributed by atoms with Crippen LogP contribution in [0.3, 0.4) is 0 Å². The smallest absolute Gasteiger partial charge is 0.307 e. The van der Waals surface area contributed by atoms with E-state index in [1.54, 1.807) is 30.5 Å². The van der Waals surface area contributed by atoms with Gasteiger partial charge in [-0.05, 0) is 83.3 Å². The van der Waals surface area contributed by atoms with Crippen LogP contribution in [0.25, 0.3) is 16.7 Å². The molecule has 27 heavy (non-hydrogen) atoms. The molecular formula is C20H13ClIN3O2. The van der Waals surface area contributed by atoms with Gasteiger partial charge < -0.3 is 8.98 Å². The zero-order valence-corrected chi connectivity index (χ0v) is 16.8. The van der Waals surface area contributed by atoms with Gasteiger partial charge in [0.15, 0.2) is 5.76 Å². The zero-order chi connectivity index (χ0) is 18.8. The normalized spacial score (nSPS) is 11.3. The van der Waals surface area contributed by atoms with Crippen molar-refractivity contribution in [2.24, 2.45) is 5.10 Å². The molecule has 4 aromatic rings. The van der Waals surface area contributed by atoms with Gasteiger partial charge in [0.25, 0.3) is 0 Å². The number of benzene rings is 2. The highest BCUT2D eigenvalue weighted by Crippen LogP contribution is 2.23. The minimum atomic E-state index is -0.425. The average Bonchev–Trinajstić information content (AvgIpc) is 3.29. The number of nitrogens with zero attached hydrogens (tertiary/aromatic N) is 2. The van der Waals surface area contributed by atoms with Gasteiger partial charge in [0, 0.05) is 25.9 Å². The largest absolute Gasteiger partial charge is 0.451 e. The maximum Gasteiger partial charge on any atom is 0.307 e. The highest BCUT2D eigenvalue weighted by atomic mass is 127. The molecule has 0 saturated heterocycles. The van der Waals surface area contributed by atoms with Crippen LogP contribution in [0.5, 0.6) is 0 Å². The third-order valence-electron chi connectivity index (χ3n) is 3.95. The number of nitrogens with one attached hydrogen (secondary N) is 1. The number of hydrazone groups is 1. The monoisotopic (exact) mass is 489 g/mol. The Morgan fingerprint density at radius 1 is 1.15 bits per heavy atom. The van der Waals surface area contributed by atoms with E-state index >= 15 is 0 Å². The van der Waals surface area contributed by atoms with Crippen LogP contribution in [0.15, 0.2) is 76.4 Å². The molecule has 1 amide bonds. The molecule has 134 valence electrons. The zero-order valence-electron chi connectivity index (χ0n) is 13.9. The summed E-state index contributed by atoms with van der Waals surface area (Å²) in [6.45, 7) is 0. The first-order valence-corrected chi connectivity index (χ1v) is 9.52. The number of amides is 1. The molecule has 2 heterocycles. The number of aromatic nitrogens is 1. The Hall–Kier alpha value is -2.58. The van der Waals surface area contributed by atoms with Crippen molar-refractivity contribution in [2.45, 2.75) is 0 Å². The first-order chi connectivity index (χ1) is 13.1. The van der Waals surface area contributed by atoms with Crippen molar-refractivity contribution in [2.75, 3.05) is 0 Å². The van der Waals surface area contributed by atoms with Crippen LogP contribution in [-0.4, -0.2) is 16.7 Å². The molecule has 7 heteroatoms. The van der Waals surface area contributed by atoms with Gasteiger partial charge in [-0.15, -0.1) is 0 Å². The second kappa shape index (κ2) is 7.58. The summed E-state index contributed by atoms with van der Waals surface area (Å²) >= 11 is 8.22. The number of hydrogen-bond donors (Lipinski definition) is 1. The Bertz CT molecular complexity index is 1150. The molecule has 2 aromatic carbocycles. The van der Waals surface area contributed by atoms with Gasteiger partial charge >= 0.3 is 5.91 Å². The number of fused-ring (bicyclic) bond motifs is 1. The van der Waals surface area contributed by atoms with E-state index in [0.29, 0.717) is 10.6 Å². The summed E-state index contributed by atoms with van der Waals surface area (Å²) < 4.78 is 8.67. The molecular weight excluding hydrogens is 477 g/mol. The molecule has 0 saturated carbocycles. The van der Waals surface area contributed by atoms with Crippen molar-refractivity contribution >= 4 is 57.3 Å². The summed E-state index contributed by atoms with van der Waals surface area (Å²) in [6.07, 6.45) is 3.53.